The third-order valence-electron chi connectivity index (χ3n) is 6.38. The molecule has 0 atom stereocenters. The minimum Gasteiger partial charge on any atom is -0.347 e. The van der Waals surface area contributed by atoms with E-state index in [-0.39, 0.29) is 0 Å². The molecule has 1 aromatic carbocycles. The van der Waals surface area contributed by atoms with Gasteiger partial charge in [-0.15, -0.1) is 5.10 Å². The monoisotopic (exact) mass is 490 g/mol. The molecule has 1 N–H and O–H groups in total. The molecule has 0 aliphatic carbocycles. The fraction of sp³-hybridized carbons (Fsp3) is 0.462. The van der Waals surface area contributed by atoms with Crippen LogP contribution in [0.15, 0.2) is 42.7 Å². The van der Waals surface area contributed by atoms with Crippen molar-refractivity contribution < 1.29 is 9.47 Å². The Morgan fingerprint density at radius 2 is 1.75 bits per heavy atom. The number of unbranched alkanes of at least 4 members (excludes halogenated alkanes) is 2. The van der Waals surface area contributed by atoms with Crippen molar-refractivity contribution in [2.75, 3.05) is 14.2 Å². The Bertz CT molecular complexity index is 1220. The van der Waals surface area contributed by atoms with E-state index in [4.69, 9.17) is 19.6 Å². The molecule has 3 aromatic heterocycles. The number of aromatic amines is 1. The summed E-state index contributed by atoms with van der Waals surface area (Å²) in [6.07, 6.45) is 9.00. The maximum absolute atomic E-state index is 5.82. The van der Waals surface area contributed by atoms with Crippen molar-refractivity contribution in [1.82, 2.24) is 40.4 Å². The highest BCUT2D eigenvalue weighted by atomic mass is 16.7. The van der Waals surface area contributed by atoms with Crippen LogP contribution in [0.3, 0.4) is 0 Å². The normalized spacial score (nSPS) is 11.8. The zero-order chi connectivity index (χ0) is 25.4. The number of methoxy groups -OCH3 is 2. The van der Waals surface area contributed by atoms with Gasteiger partial charge in [0.25, 0.3) is 0 Å². The zero-order valence-electron chi connectivity index (χ0n) is 21.4. The largest absolute Gasteiger partial charge is 0.347 e. The third kappa shape index (κ3) is 5.50. The summed E-state index contributed by atoms with van der Waals surface area (Å²) in [7, 11) is 3.32. The molecule has 0 aliphatic heterocycles. The van der Waals surface area contributed by atoms with Gasteiger partial charge in [-0.05, 0) is 46.0 Å². The van der Waals surface area contributed by atoms with Gasteiger partial charge in [0, 0.05) is 51.6 Å². The van der Waals surface area contributed by atoms with E-state index >= 15 is 0 Å². The summed E-state index contributed by atoms with van der Waals surface area (Å²) in [6.45, 7) is 5.13. The molecule has 0 bridgehead atoms. The van der Waals surface area contributed by atoms with E-state index in [1.165, 1.54) is 0 Å². The van der Waals surface area contributed by atoms with E-state index in [0.29, 0.717) is 24.5 Å². The number of nitrogens with zero attached hydrogens (tertiary/aromatic N) is 7. The molecule has 3 heterocycles. The first kappa shape index (κ1) is 25.6. The first-order valence-electron chi connectivity index (χ1n) is 12.5. The van der Waals surface area contributed by atoms with Gasteiger partial charge < -0.3 is 9.47 Å². The highest BCUT2D eigenvalue weighted by Crippen LogP contribution is 2.31. The van der Waals surface area contributed by atoms with Crippen molar-refractivity contribution in [2.45, 2.75) is 64.7 Å². The fourth-order valence-corrected chi connectivity index (χ4v) is 4.24. The van der Waals surface area contributed by atoms with Gasteiger partial charge in [0.2, 0.25) is 11.6 Å². The Kier molecular flexibility index (Phi) is 8.50. The molecule has 0 unspecified atom stereocenters. The Hall–Kier alpha value is -3.50. The highest BCUT2D eigenvalue weighted by Gasteiger charge is 2.37. The van der Waals surface area contributed by atoms with Crippen LogP contribution in [-0.4, -0.2) is 54.6 Å². The molecule has 0 saturated carbocycles. The van der Waals surface area contributed by atoms with Crippen LogP contribution < -0.4 is 0 Å². The predicted molar refractivity (Wildman–Crippen MR) is 136 cm³/mol. The SMILES string of the molecule is CCCCn1nc(C(CCCC)(OC)OC)nc1Cc1ccc(-c2ccncc2-c2nnn[nH]2)cc1. The lowest BCUT2D eigenvalue weighted by molar-refractivity contribution is -0.226. The third-order valence-corrected chi connectivity index (χ3v) is 6.38. The summed E-state index contributed by atoms with van der Waals surface area (Å²) >= 11 is 0. The second kappa shape index (κ2) is 12.0. The first-order valence-corrected chi connectivity index (χ1v) is 12.5. The average molecular weight is 491 g/mol. The standard InChI is InChI=1S/C26H34N8O2/c1-5-7-14-26(35-3,36-4)25-28-23(34(31-25)16-8-6-2)17-19-9-11-20(12-10-19)21-13-15-27-18-22(21)24-29-32-33-30-24/h9-13,15,18H,5-8,14,16-17H2,1-4H3,(H,29,30,32,33). The van der Waals surface area contributed by atoms with Crippen molar-refractivity contribution in [2.24, 2.45) is 0 Å². The molecule has 0 amide bonds. The Morgan fingerprint density at radius 3 is 2.42 bits per heavy atom. The van der Waals surface area contributed by atoms with Crippen LogP contribution in [0.25, 0.3) is 22.5 Å². The maximum atomic E-state index is 5.82. The van der Waals surface area contributed by atoms with Gasteiger partial charge >= 0.3 is 0 Å². The number of nitrogens with one attached hydrogen (secondary N) is 1. The lowest BCUT2D eigenvalue weighted by Crippen LogP contribution is -2.32. The lowest BCUT2D eigenvalue weighted by Gasteiger charge is -2.27. The Labute approximate surface area is 211 Å². The van der Waals surface area contributed by atoms with E-state index in [0.717, 1.165) is 60.3 Å². The van der Waals surface area contributed by atoms with Crippen molar-refractivity contribution in [3.63, 3.8) is 0 Å². The van der Waals surface area contributed by atoms with Crippen molar-refractivity contribution in [3.8, 4) is 22.5 Å². The predicted octanol–water partition coefficient (Wildman–Crippen LogP) is 4.55. The van der Waals surface area contributed by atoms with Crippen molar-refractivity contribution in [1.29, 1.82) is 0 Å². The number of pyridine rings is 1. The van der Waals surface area contributed by atoms with Crippen LogP contribution in [0.1, 0.15) is 63.2 Å². The number of tetrazole rings is 1. The van der Waals surface area contributed by atoms with Gasteiger partial charge in [-0.1, -0.05) is 51.0 Å². The number of hydrogen-bond donors (Lipinski definition) is 1. The lowest BCUT2D eigenvalue weighted by atomic mass is 9.99. The number of benzene rings is 1. The summed E-state index contributed by atoms with van der Waals surface area (Å²) in [5.41, 5.74) is 4.05. The average Bonchev–Trinajstić information content (AvgIpc) is 3.60. The smallest absolute Gasteiger partial charge is 0.231 e. The van der Waals surface area contributed by atoms with E-state index < -0.39 is 5.79 Å². The summed E-state index contributed by atoms with van der Waals surface area (Å²) in [5.74, 6) is 1.14. The summed E-state index contributed by atoms with van der Waals surface area (Å²) in [6, 6.07) is 10.4. The minimum atomic E-state index is -0.931. The number of aryl methyl sites for hydroxylation is 1. The van der Waals surface area contributed by atoms with Gasteiger partial charge in [-0.3, -0.25) is 4.98 Å². The van der Waals surface area contributed by atoms with Crippen LogP contribution in [0.5, 0.6) is 0 Å². The zero-order valence-corrected chi connectivity index (χ0v) is 21.4. The number of ether oxygens (including phenoxy) is 2. The number of rotatable bonds is 13. The molecule has 0 fully saturated rings. The molecule has 0 spiro atoms. The Balaban J connectivity index is 1.61. The van der Waals surface area contributed by atoms with E-state index in [2.05, 4.69) is 63.7 Å². The summed E-state index contributed by atoms with van der Waals surface area (Å²) in [4.78, 5) is 9.16. The second-order valence-electron chi connectivity index (χ2n) is 8.74. The molecular weight excluding hydrogens is 456 g/mol. The van der Waals surface area contributed by atoms with Gasteiger partial charge in [0.05, 0.1) is 0 Å². The second-order valence-corrected chi connectivity index (χ2v) is 8.74. The molecule has 10 nitrogen and oxygen atoms in total. The maximum Gasteiger partial charge on any atom is 0.231 e. The van der Waals surface area contributed by atoms with Crippen LogP contribution in [0.4, 0.5) is 0 Å². The van der Waals surface area contributed by atoms with Gasteiger partial charge in [0.1, 0.15) is 5.82 Å². The van der Waals surface area contributed by atoms with Crippen molar-refractivity contribution >= 4 is 0 Å². The van der Waals surface area contributed by atoms with Gasteiger partial charge in [-0.2, -0.15) is 5.10 Å². The summed E-state index contributed by atoms with van der Waals surface area (Å²) < 4.78 is 13.6. The minimum absolute atomic E-state index is 0.585. The molecular formula is C26H34N8O2. The molecule has 4 rings (SSSR count). The van der Waals surface area contributed by atoms with Gasteiger partial charge in [-0.25, -0.2) is 14.8 Å². The molecule has 0 aliphatic rings. The van der Waals surface area contributed by atoms with Crippen molar-refractivity contribution in [3.05, 3.63) is 59.9 Å². The Morgan fingerprint density at radius 1 is 0.972 bits per heavy atom. The number of H-pyrrole nitrogens is 1. The van der Waals surface area contributed by atoms with Crippen LogP contribution >= 0.6 is 0 Å². The molecule has 190 valence electrons. The van der Waals surface area contributed by atoms with Crippen LogP contribution in [0.2, 0.25) is 0 Å². The molecule has 0 saturated heterocycles. The molecule has 36 heavy (non-hydrogen) atoms. The highest BCUT2D eigenvalue weighted by molar-refractivity contribution is 5.79. The van der Waals surface area contributed by atoms with E-state index in [9.17, 15) is 0 Å². The van der Waals surface area contributed by atoms with Gasteiger partial charge in [0.15, 0.2) is 5.82 Å². The number of aromatic nitrogens is 8. The fourth-order valence-electron chi connectivity index (χ4n) is 4.24. The molecule has 10 heteroatoms. The summed E-state index contributed by atoms with van der Waals surface area (Å²) in [5, 5.41) is 19.1. The molecule has 0 radical (unpaired) electrons. The first-order chi connectivity index (χ1) is 17.6. The number of hydrogen-bond acceptors (Lipinski definition) is 8. The quantitative estimate of drug-likeness (QED) is 0.271. The molecule has 4 aromatic rings. The topological polar surface area (TPSA) is 117 Å². The van der Waals surface area contributed by atoms with Crippen LogP contribution in [0, 0.1) is 0 Å². The van der Waals surface area contributed by atoms with Crippen LogP contribution in [-0.2, 0) is 28.2 Å². The van der Waals surface area contributed by atoms with E-state index in [1.807, 2.05) is 10.7 Å². The van der Waals surface area contributed by atoms with E-state index in [1.54, 1.807) is 26.6 Å².